The predicted molar refractivity (Wildman–Crippen MR) is 79.0 cm³/mol. The van der Waals surface area contributed by atoms with Gasteiger partial charge in [-0.1, -0.05) is 13.8 Å². The summed E-state index contributed by atoms with van der Waals surface area (Å²) in [4.78, 5) is 6.43. The highest BCUT2D eigenvalue weighted by atomic mass is 32.2. The van der Waals surface area contributed by atoms with Crippen LogP contribution < -0.4 is 4.90 Å². The van der Waals surface area contributed by atoms with Crippen LogP contribution in [0.5, 0.6) is 0 Å². The lowest BCUT2D eigenvalue weighted by atomic mass is 10.2. The minimum absolute atomic E-state index is 0.536. The zero-order valence-electron chi connectivity index (χ0n) is 12.1. The van der Waals surface area contributed by atoms with Gasteiger partial charge in [-0.25, -0.2) is 13.4 Å². The monoisotopic (exact) mass is 285 g/mol. The molecule has 0 aliphatic carbocycles. The molecule has 1 saturated heterocycles. The van der Waals surface area contributed by atoms with E-state index in [-0.39, 0.29) is 0 Å². The van der Waals surface area contributed by atoms with E-state index in [1.54, 1.807) is 6.20 Å². The molecule has 108 valence electrons. The van der Waals surface area contributed by atoms with E-state index in [1.807, 2.05) is 32.9 Å². The van der Waals surface area contributed by atoms with Gasteiger partial charge < -0.3 is 4.90 Å². The number of anilines is 1. The molecule has 0 N–H and O–H groups in total. The average molecular weight is 285 g/mol. The Bertz CT molecular complexity index is 494. The van der Waals surface area contributed by atoms with E-state index < -0.39 is 10.0 Å². The van der Waals surface area contributed by atoms with E-state index in [4.69, 9.17) is 0 Å². The molecule has 1 aliphatic heterocycles. The number of piperazine rings is 1. The molecule has 5 nitrogen and oxygen atoms in total. The third kappa shape index (κ3) is 4.47. The summed E-state index contributed by atoms with van der Waals surface area (Å²) in [6.45, 7) is 8.49. The zero-order chi connectivity index (χ0) is 14.5. The third-order valence-corrected chi connectivity index (χ3v) is 4.24. The first-order valence-electron chi connectivity index (χ1n) is 6.59. The Morgan fingerprint density at radius 2 is 1.74 bits per heavy atom. The molecule has 0 atom stereocenters. The van der Waals surface area contributed by atoms with Gasteiger partial charge in [0, 0.05) is 32.4 Å². The van der Waals surface area contributed by atoms with Crippen LogP contribution >= 0.6 is 0 Å². The minimum Gasteiger partial charge on any atom is -0.354 e. The van der Waals surface area contributed by atoms with Crippen LogP contribution in [0.3, 0.4) is 0 Å². The number of aromatic nitrogens is 1. The number of pyridine rings is 1. The van der Waals surface area contributed by atoms with E-state index in [2.05, 4.69) is 9.88 Å². The van der Waals surface area contributed by atoms with Crippen LogP contribution in [0.1, 0.15) is 19.4 Å². The minimum atomic E-state index is -3.05. The first kappa shape index (κ1) is 15.9. The van der Waals surface area contributed by atoms with Crippen LogP contribution in [0.15, 0.2) is 18.3 Å². The quantitative estimate of drug-likeness (QED) is 0.826. The molecule has 2 rings (SSSR count). The third-order valence-electron chi connectivity index (χ3n) is 2.93. The van der Waals surface area contributed by atoms with Gasteiger partial charge in [0.2, 0.25) is 10.0 Å². The molecule has 1 aromatic heterocycles. The second-order valence-electron chi connectivity index (χ2n) is 4.34. The van der Waals surface area contributed by atoms with Gasteiger partial charge in [-0.2, -0.15) is 4.31 Å². The molecule has 0 bridgehead atoms. The molecule has 0 unspecified atom stereocenters. The smallest absolute Gasteiger partial charge is 0.211 e. The Balaban J connectivity index is 0.000000861. The van der Waals surface area contributed by atoms with Crippen LogP contribution in [0.2, 0.25) is 0 Å². The van der Waals surface area contributed by atoms with E-state index in [1.165, 1.54) is 16.1 Å². The van der Waals surface area contributed by atoms with Crippen molar-refractivity contribution in [2.45, 2.75) is 20.8 Å². The number of hydrogen-bond donors (Lipinski definition) is 0. The first-order chi connectivity index (χ1) is 8.97. The van der Waals surface area contributed by atoms with Crippen molar-refractivity contribution in [3.63, 3.8) is 0 Å². The lowest BCUT2D eigenvalue weighted by Gasteiger charge is -2.34. The number of nitrogens with zero attached hydrogens (tertiary/aromatic N) is 3. The van der Waals surface area contributed by atoms with Crippen molar-refractivity contribution in [1.29, 1.82) is 0 Å². The van der Waals surface area contributed by atoms with Gasteiger partial charge in [-0.05, 0) is 24.6 Å². The van der Waals surface area contributed by atoms with E-state index in [0.717, 1.165) is 5.82 Å². The summed E-state index contributed by atoms with van der Waals surface area (Å²) in [6, 6.07) is 3.98. The molecule has 0 radical (unpaired) electrons. The highest BCUT2D eigenvalue weighted by Gasteiger charge is 2.23. The molecule has 0 spiro atoms. The molecule has 19 heavy (non-hydrogen) atoms. The summed E-state index contributed by atoms with van der Waals surface area (Å²) < 4.78 is 24.3. The van der Waals surface area contributed by atoms with E-state index >= 15 is 0 Å². The van der Waals surface area contributed by atoms with Crippen molar-refractivity contribution < 1.29 is 8.42 Å². The molecule has 0 saturated carbocycles. The van der Waals surface area contributed by atoms with Crippen molar-refractivity contribution in [2.24, 2.45) is 0 Å². The normalized spacial score (nSPS) is 16.7. The molecule has 1 aromatic rings. The Morgan fingerprint density at radius 1 is 1.16 bits per heavy atom. The topological polar surface area (TPSA) is 53.5 Å². The Morgan fingerprint density at radius 3 is 2.21 bits per heavy atom. The van der Waals surface area contributed by atoms with E-state index in [9.17, 15) is 8.42 Å². The summed E-state index contributed by atoms with van der Waals surface area (Å²) in [5.74, 6) is 0.929. The summed E-state index contributed by atoms with van der Waals surface area (Å²) >= 11 is 0. The van der Waals surface area contributed by atoms with Crippen molar-refractivity contribution in [1.82, 2.24) is 9.29 Å². The van der Waals surface area contributed by atoms with Gasteiger partial charge in [-0.15, -0.1) is 0 Å². The van der Waals surface area contributed by atoms with Gasteiger partial charge in [0.1, 0.15) is 5.82 Å². The highest BCUT2D eigenvalue weighted by molar-refractivity contribution is 7.88. The lowest BCUT2D eigenvalue weighted by molar-refractivity contribution is 0.387. The standard InChI is InChI=1S/C11H17N3O2S.C2H6/c1-10-3-4-12-11(9-10)13-5-7-14(8-6-13)17(2,15)16;1-2/h3-4,9H,5-8H2,1-2H3;1-2H3. The Hall–Kier alpha value is -1.14. The average Bonchev–Trinajstić information content (AvgIpc) is 2.40. The van der Waals surface area contributed by atoms with Crippen LogP contribution in [0.4, 0.5) is 5.82 Å². The molecule has 2 heterocycles. The number of hydrogen-bond acceptors (Lipinski definition) is 4. The van der Waals surface area contributed by atoms with Gasteiger partial charge in [0.05, 0.1) is 6.26 Å². The van der Waals surface area contributed by atoms with Crippen LogP contribution in [0.25, 0.3) is 0 Å². The lowest BCUT2D eigenvalue weighted by Crippen LogP contribution is -2.48. The molecule has 0 aromatic carbocycles. The number of rotatable bonds is 2. The first-order valence-corrected chi connectivity index (χ1v) is 8.44. The van der Waals surface area contributed by atoms with Crippen molar-refractivity contribution in [2.75, 3.05) is 37.3 Å². The summed E-state index contributed by atoms with van der Waals surface area (Å²) in [5, 5.41) is 0. The summed E-state index contributed by atoms with van der Waals surface area (Å²) in [7, 11) is -3.05. The summed E-state index contributed by atoms with van der Waals surface area (Å²) in [6.07, 6.45) is 3.04. The predicted octanol–water partition coefficient (Wildman–Crippen LogP) is 1.50. The fraction of sp³-hybridized carbons (Fsp3) is 0.615. The Kier molecular flexibility index (Phi) is 5.75. The maximum absolute atomic E-state index is 11.4. The maximum Gasteiger partial charge on any atom is 0.211 e. The molecular weight excluding hydrogens is 262 g/mol. The largest absolute Gasteiger partial charge is 0.354 e. The van der Waals surface area contributed by atoms with E-state index in [0.29, 0.717) is 26.2 Å². The van der Waals surface area contributed by atoms with Crippen molar-refractivity contribution in [3.05, 3.63) is 23.9 Å². The van der Waals surface area contributed by atoms with Crippen LogP contribution in [-0.2, 0) is 10.0 Å². The molecule has 0 amide bonds. The number of aryl methyl sites for hydroxylation is 1. The Labute approximate surface area is 116 Å². The van der Waals surface area contributed by atoms with Gasteiger partial charge in [0.15, 0.2) is 0 Å². The van der Waals surface area contributed by atoms with Gasteiger partial charge in [-0.3, -0.25) is 0 Å². The summed E-state index contributed by atoms with van der Waals surface area (Å²) in [5.41, 5.74) is 1.17. The van der Waals surface area contributed by atoms with Crippen molar-refractivity contribution >= 4 is 15.8 Å². The number of sulfonamides is 1. The second kappa shape index (κ2) is 6.86. The second-order valence-corrected chi connectivity index (χ2v) is 6.32. The van der Waals surface area contributed by atoms with Gasteiger partial charge >= 0.3 is 0 Å². The SMILES string of the molecule is CC.Cc1ccnc(N2CCN(S(C)(=O)=O)CC2)c1. The molecule has 1 aliphatic rings. The highest BCUT2D eigenvalue weighted by Crippen LogP contribution is 2.15. The molecule has 6 heteroatoms. The maximum atomic E-state index is 11.4. The van der Waals surface area contributed by atoms with Crippen LogP contribution in [0, 0.1) is 6.92 Å². The fourth-order valence-corrected chi connectivity index (χ4v) is 2.77. The van der Waals surface area contributed by atoms with Crippen molar-refractivity contribution in [3.8, 4) is 0 Å². The zero-order valence-corrected chi connectivity index (χ0v) is 12.9. The van der Waals surface area contributed by atoms with Crippen LogP contribution in [-0.4, -0.2) is 50.1 Å². The molecular formula is C13H23N3O2S. The van der Waals surface area contributed by atoms with Gasteiger partial charge in [0.25, 0.3) is 0 Å². The molecule has 1 fully saturated rings. The fourth-order valence-electron chi connectivity index (χ4n) is 1.94.